The second-order valence-corrected chi connectivity index (χ2v) is 6.71. The summed E-state index contributed by atoms with van der Waals surface area (Å²) in [5, 5.41) is 4.13. The summed E-state index contributed by atoms with van der Waals surface area (Å²) in [5.41, 5.74) is 0.247. The van der Waals surface area contributed by atoms with Crippen molar-refractivity contribution in [2.24, 2.45) is 5.41 Å². The Hall–Kier alpha value is -0.220. The third-order valence-corrected chi connectivity index (χ3v) is 5.46. The molecule has 4 heteroatoms. The van der Waals surface area contributed by atoms with E-state index in [9.17, 15) is 4.79 Å². The molecule has 0 amide bonds. The van der Waals surface area contributed by atoms with E-state index in [4.69, 9.17) is 4.74 Å². The van der Waals surface area contributed by atoms with Crippen molar-refractivity contribution in [3.05, 3.63) is 0 Å². The highest BCUT2D eigenvalue weighted by atomic mass is 32.2. The number of esters is 1. The number of hydrogen-bond acceptors (Lipinski definition) is 4. The zero-order valence-corrected chi connectivity index (χ0v) is 12.9. The van der Waals surface area contributed by atoms with Crippen LogP contribution >= 0.6 is 11.8 Å². The van der Waals surface area contributed by atoms with Gasteiger partial charge in [-0.05, 0) is 37.0 Å². The zero-order valence-electron chi connectivity index (χ0n) is 12.1. The molecule has 0 aromatic carbocycles. The van der Waals surface area contributed by atoms with Crippen LogP contribution in [-0.4, -0.2) is 36.7 Å². The van der Waals surface area contributed by atoms with Crippen LogP contribution in [0.25, 0.3) is 0 Å². The lowest BCUT2D eigenvalue weighted by Gasteiger charge is -2.25. The summed E-state index contributed by atoms with van der Waals surface area (Å²) in [7, 11) is 1.48. The van der Waals surface area contributed by atoms with Gasteiger partial charge >= 0.3 is 5.97 Å². The first kappa shape index (κ1) is 15.8. The number of carbonyl (C=O) groups is 1. The molecule has 0 saturated heterocycles. The van der Waals surface area contributed by atoms with Crippen molar-refractivity contribution in [2.75, 3.05) is 19.4 Å². The normalized spacial score (nSPS) is 20.2. The van der Waals surface area contributed by atoms with Crippen molar-refractivity contribution < 1.29 is 9.53 Å². The van der Waals surface area contributed by atoms with Gasteiger partial charge in [-0.2, -0.15) is 11.8 Å². The Balaban J connectivity index is 2.33. The highest BCUT2D eigenvalue weighted by molar-refractivity contribution is 8.00. The van der Waals surface area contributed by atoms with Gasteiger partial charge < -0.3 is 10.1 Å². The first-order valence-electron chi connectivity index (χ1n) is 6.98. The molecule has 0 bridgehead atoms. The molecule has 0 spiro atoms. The number of carbonyl (C=O) groups excluding carboxylic acids is 1. The fourth-order valence-corrected chi connectivity index (χ4v) is 3.78. The van der Waals surface area contributed by atoms with Gasteiger partial charge in [0, 0.05) is 11.3 Å². The van der Waals surface area contributed by atoms with Gasteiger partial charge in [-0.25, -0.2) is 0 Å². The third-order valence-electron chi connectivity index (χ3n) is 3.83. The number of thioether (sulfide) groups is 1. The molecule has 1 aliphatic carbocycles. The molecular weight excluding hydrogens is 246 g/mol. The van der Waals surface area contributed by atoms with E-state index in [1.165, 1.54) is 20.0 Å². The number of hydrogen-bond donors (Lipinski definition) is 1. The Labute approximate surface area is 115 Å². The second kappa shape index (κ2) is 7.39. The Morgan fingerprint density at radius 2 is 2.11 bits per heavy atom. The van der Waals surface area contributed by atoms with Gasteiger partial charge in [0.2, 0.25) is 0 Å². The van der Waals surface area contributed by atoms with Gasteiger partial charge in [-0.15, -0.1) is 0 Å². The van der Waals surface area contributed by atoms with Crippen molar-refractivity contribution in [3.8, 4) is 0 Å². The number of rotatable bonds is 9. The Bertz CT molecular complexity index is 267. The molecule has 2 unspecified atom stereocenters. The van der Waals surface area contributed by atoms with E-state index >= 15 is 0 Å². The molecule has 1 saturated carbocycles. The molecule has 1 fully saturated rings. The Morgan fingerprint density at radius 1 is 1.44 bits per heavy atom. The topological polar surface area (TPSA) is 38.3 Å². The van der Waals surface area contributed by atoms with Crippen LogP contribution in [0.4, 0.5) is 0 Å². The number of nitrogens with one attached hydrogen (secondary N) is 1. The SMILES string of the molecule is CCNC(CC)C(C)SCC1(CC(=O)OC)CC1. The highest BCUT2D eigenvalue weighted by Crippen LogP contribution is 2.51. The minimum atomic E-state index is -0.0560. The Morgan fingerprint density at radius 3 is 2.56 bits per heavy atom. The van der Waals surface area contributed by atoms with Gasteiger partial charge in [0.1, 0.15) is 0 Å². The van der Waals surface area contributed by atoms with Gasteiger partial charge in [0.15, 0.2) is 0 Å². The smallest absolute Gasteiger partial charge is 0.306 e. The molecule has 0 aliphatic heterocycles. The van der Waals surface area contributed by atoms with Crippen molar-refractivity contribution >= 4 is 17.7 Å². The molecule has 0 aromatic rings. The van der Waals surface area contributed by atoms with Gasteiger partial charge in [-0.1, -0.05) is 20.8 Å². The van der Waals surface area contributed by atoms with Crippen molar-refractivity contribution in [1.82, 2.24) is 5.32 Å². The number of ether oxygens (including phenoxy) is 1. The molecule has 18 heavy (non-hydrogen) atoms. The maximum Gasteiger partial charge on any atom is 0.306 e. The van der Waals surface area contributed by atoms with Crippen LogP contribution < -0.4 is 5.32 Å². The summed E-state index contributed by atoms with van der Waals surface area (Å²) in [6.07, 6.45) is 4.12. The molecule has 2 atom stereocenters. The van der Waals surface area contributed by atoms with Crippen LogP contribution in [0, 0.1) is 5.41 Å². The lowest BCUT2D eigenvalue weighted by molar-refractivity contribution is -0.141. The molecule has 3 nitrogen and oxygen atoms in total. The molecule has 1 N–H and O–H groups in total. The summed E-state index contributed by atoms with van der Waals surface area (Å²) in [4.78, 5) is 11.4. The minimum absolute atomic E-state index is 0.0560. The van der Waals surface area contributed by atoms with E-state index in [2.05, 4.69) is 26.1 Å². The van der Waals surface area contributed by atoms with E-state index < -0.39 is 0 Å². The summed E-state index contributed by atoms with van der Waals surface area (Å²) in [6, 6.07) is 0.578. The van der Waals surface area contributed by atoms with Crippen LogP contribution in [-0.2, 0) is 9.53 Å². The predicted molar refractivity (Wildman–Crippen MR) is 78.0 cm³/mol. The fourth-order valence-electron chi connectivity index (χ4n) is 2.26. The summed E-state index contributed by atoms with van der Waals surface area (Å²) >= 11 is 2.00. The van der Waals surface area contributed by atoms with Gasteiger partial charge in [0.25, 0.3) is 0 Å². The quantitative estimate of drug-likeness (QED) is 0.656. The monoisotopic (exact) mass is 273 g/mol. The molecular formula is C14H27NO2S. The third kappa shape index (κ3) is 4.81. The van der Waals surface area contributed by atoms with Crippen LogP contribution in [0.5, 0.6) is 0 Å². The second-order valence-electron chi connectivity index (χ2n) is 5.34. The maximum absolute atomic E-state index is 11.4. The molecule has 0 radical (unpaired) electrons. The van der Waals surface area contributed by atoms with E-state index in [1.54, 1.807) is 0 Å². The van der Waals surface area contributed by atoms with Crippen molar-refractivity contribution in [3.63, 3.8) is 0 Å². The van der Waals surface area contributed by atoms with Gasteiger partial charge in [0.05, 0.1) is 13.5 Å². The van der Waals surface area contributed by atoms with E-state index in [-0.39, 0.29) is 11.4 Å². The molecule has 0 heterocycles. The summed E-state index contributed by atoms with van der Waals surface area (Å²) in [5.74, 6) is 1.03. The molecule has 1 aliphatic rings. The highest BCUT2D eigenvalue weighted by Gasteiger charge is 2.44. The zero-order chi connectivity index (χ0) is 13.6. The predicted octanol–water partition coefficient (Wildman–Crippen LogP) is 2.84. The molecule has 106 valence electrons. The van der Waals surface area contributed by atoms with Crippen molar-refractivity contribution in [2.45, 2.75) is 57.7 Å². The van der Waals surface area contributed by atoms with E-state index in [1.807, 2.05) is 11.8 Å². The average molecular weight is 273 g/mol. The summed E-state index contributed by atoms with van der Waals surface area (Å²) in [6.45, 7) is 7.69. The van der Waals surface area contributed by atoms with Crippen molar-refractivity contribution in [1.29, 1.82) is 0 Å². The van der Waals surface area contributed by atoms with E-state index in [0.717, 1.165) is 18.7 Å². The van der Waals surface area contributed by atoms with Crippen LogP contribution in [0.15, 0.2) is 0 Å². The van der Waals surface area contributed by atoms with Crippen LogP contribution in [0.2, 0.25) is 0 Å². The van der Waals surface area contributed by atoms with E-state index in [0.29, 0.717) is 17.7 Å². The van der Waals surface area contributed by atoms with Crippen LogP contribution in [0.3, 0.4) is 0 Å². The molecule has 0 aromatic heterocycles. The number of methoxy groups -OCH3 is 1. The van der Waals surface area contributed by atoms with Crippen LogP contribution in [0.1, 0.15) is 46.5 Å². The van der Waals surface area contributed by atoms with Gasteiger partial charge in [-0.3, -0.25) is 4.79 Å². The lowest BCUT2D eigenvalue weighted by atomic mass is 10.1. The lowest BCUT2D eigenvalue weighted by Crippen LogP contribution is -2.36. The Kier molecular flexibility index (Phi) is 6.50. The first-order valence-corrected chi connectivity index (χ1v) is 8.03. The standard InChI is InChI=1S/C14H27NO2S/c1-5-12(15-6-2)11(3)18-10-14(7-8-14)9-13(16)17-4/h11-12,15H,5-10H2,1-4H3. The first-order chi connectivity index (χ1) is 8.56. The fraction of sp³-hybridized carbons (Fsp3) is 0.929. The minimum Gasteiger partial charge on any atom is -0.469 e. The largest absolute Gasteiger partial charge is 0.469 e. The molecule has 1 rings (SSSR count). The average Bonchev–Trinajstić information content (AvgIpc) is 3.13. The maximum atomic E-state index is 11.4. The summed E-state index contributed by atoms with van der Waals surface area (Å²) < 4.78 is 4.78.